The number of hydrogen-bond donors (Lipinski definition) is 2. The number of aromatic nitrogens is 3. The molecular weight excluding hydrogens is 290 g/mol. The fourth-order valence-electron chi connectivity index (χ4n) is 2.05. The van der Waals surface area contributed by atoms with Crippen molar-refractivity contribution in [2.75, 3.05) is 25.5 Å². The van der Waals surface area contributed by atoms with E-state index in [0.717, 1.165) is 23.5 Å². The molecule has 1 atom stereocenters. The molecule has 126 valence electrons. The van der Waals surface area contributed by atoms with Crippen LogP contribution in [-0.4, -0.2) is 40.8 Å². The Labute approximate surface area is 138 Å². The van der Waals surface area contributed by atoms with E-state index in [4.69, 9.17) is 10.5 Å². The van der Waals surface area contributed by atoms with Gasteiger partial charge in [-0.1, -0.05) is 31.2 Å². The van der Waals surface area contributed by atoms with E-state index >= 15 is 0 Å². The summed E-state index contributed by atoms with van der Waals surface area (Å²) in [5.41, 5.74) is 8.29. The van der Waals surface area contributed by atoms with E-state index in [2.05, 4.69) is 36.4 Å². The molecule has 1 aromatic heterocycles. The van der Waals surface area contributed by atoms with Gasteiger partial charge in [-0.05, 0) is 25.0 Å². The standard InChI is InChI=1S/C17H27N5O/c1-13(2)14(3)19-8-10-23-11-9-22-12-17(20-21-22)15-4-6-16(18)7-5-15/h4-7,12-14,19H,8-11,18H2,1-3H3. The predicted octanol–water partition coefficient (Wildman–Crippen LogP) is 2.18. The molecule has 0 amide bonds. The van der Waals surface area contributed by atoms with Crippen molar-refractivity contribution in [1.29, 1.82) is 0 Å². The maximum Gasteiger partial charge on any atom is 0.113 e. The summed E-state index contributed by atoms with van der Waals surface area (Å²) in [5, 5.41) is 11.7. The predicted molar refractivity (Wildman–Crippen MR) is 93.0 cm³/mol. The number of anilines is 1. The topological polar surface area (TPSA) is 78.0 Å². The quantitative estimate of drug-likeness (QED) is 0.547. The van der Waals surface area contributed by atoms with Crippen molar-refractivity contribution in [3.8, 4) is 11.3 Å². The molecule has 6 nitrogen and oxygen atoms in total. The van der Waals surface area contributed by atoms with Crippen LogP contribution in [-0.2, 0) is 11.3 Å². The third-order valence-corrected chi connectivity index (χ3v) is 3.92. The number of nitrogens with zero attached hydrogens (tertiary/aromatic N) is 3. The van der Waals surface area contributed by atoms with Gasteiger partial charge >= 0.3 is 0 Å². The second kappa shape index (κ2) is 8.64. The van der Waals surface area contributed by atoms with Gasteiger partial charge in [0.2, 0.25) is 0 Å². The van der Waals surface area contributed by atoms with Crippen LogP contribution in [0, 0.1) is 5.92 Å². The molecule has 23 heavy (non-hydrogen) atoms. The summed E-state index contributed by atoms with van der Waals surface area (Å²) in [6, 6.07) is 8.13. The number of nitrogen functional groups attached to an aromatic ring is 1. The average Bonchev–Trinajstić information content (AvgIpc) is 3.00. The van der Waals surface area contributed by atoms with Crippen molar-refractivity contribution < 1.29 is 4.74 Å². The molecule has 0 bridgehead atoms. The normalized spacial score (nSPS) is 12.7. The van der Waals surface area contributed by atoms with Gasteiger partial charge in [-0.2, -0.15) is 0 Å². The summed E-state index contributed by atoms with van der Waals surface area (Å²) < 4.78 is 7.43. The van der Waals surface area contributed by atoms with Gasteiger partial charge < -0.3 is 15.8 Å². The first kappa shape index (κ1) is 17.4. The van der Waals surface area contributed by atoms with E-state index in [-0.39, 0.29) is 0 Å². The van der Waals surface area contributed by atoms with Crippen LogP contribution >= 0.6 is 0 Å². The Kier molecular flexibility index (Phi) is 6.55. The molecule has 1 unspecified atom stereocenters. The highest BCUT2D eigenvalue weighted by Crippen LogP contribution is 2.17. The molecule has 1 heterocycles. The molecule has 2 aromatic rings. The van der Waals surface area contributed by atoms with Gasteiger partial charge in [0, 0.05) is 23.8 Å². The highest BCUT2D eigenvalue weighted by molar-refractivity contribution is 5.60. The molecule has 0 saturated heterocycles. The smallest absolute Gasteiger partial charge is 0.113 e. The first-order chi connectivity index (χ1) is 11.1. The lowest BCUT2D eigenvalue weighted by molar-refractivity contribution is 0.122. The number of rotatable bonds is 9. The second-order valence-corrected chi connectivity index (χ2v) is 6.09. The van der Waals surface area contributed by atoms with Gasteiger partial charge in [0.15, 0.2) is 0 Å². The molecule has 0 fully saturated rings. The molecule has 6 heteroatoms. The highest BCUT2D eigenvalue weighted by Gasteiger charge is 2.05. The van der Waals surface area contributed by atoms with Gasteiger partial charge in [-0.25, -0.2) is 4.68 Å². The summed E-state index contributed by atoms with van der Waals surface area (Å²) in [7, 11) is 0. The third-order valence-electron chi connectivity index (χ3n) is 3.92. The summed E-state index contributed by atoms with van der Waals surface area (Å²) in [6.45, 7) is 9.51. The minimum Gasteiger partial charge on any atom is -0.399 e. The summed E-state index contributed by atoms with van der Waals surface area (Å²) in [5.74, 6) is 0.636. The minimum absolute atomic E-state index is 0.511. The van der Waals surface area contributed by atoms with Crippen molar-refractivity contribution in [1.82, 2.24) is 20.3 Å². The van der Waals surface area contributed by atoms with E-state index in [1.807, 2.05) is 30.5 Å². The maximum absolute atomic E-state index is 5.69. The largest absolute Gasteiger partial charge is 0.399 e. The maximum atomic E-state index is 5.69. The lowest BCUT2D eigenvalue weighted by Gasteiger charge is -2.17. The zero-order valence-electron chi connectivity index (χ0n) is 14.2. The zero-order valence-corrected chi connectivity index (χ0v) is 14.2. The molecule has 0 aliphatic rings. The molecule has 1 aromatic carbocycles. The molecule has 0 aliphatic carbocycles. The van der Waals surface area contributed by atoms with Crippen LogP contribution in [0.3, 0.4) is 0 Å². The average molecular weight is 317 g/mol. The molecule has 0 radical (unpaired) electrons. The molecular formula is C17H27N5O. The van der Waals surface area contributed by atoms with Crippen LogP contribution in [0.5, 0.6) is 0 Å². The van der Waals surface area contributed by atoms with Crippen LogP contribution in [0.4, 0.5) is 5.69 Å². The Balaban J connectivity index is 1.68. The van der Waals surface area contributed by atoms with Crippen LogP contribution in [0.25, 0.3) is 11.3 Å². The van der Waals surface area contributed by atoms with Crippen LogP contribution < -0.4 is 11.1 Å². The monoisotopic (exact) mass is 317 g/mol. The van der Waals surface area contributed by atoms with Crippen molar-refractivity contribution in [3.05, 3.63) is 30.5 Å². The molecule has 0 aliphatic heterocycles. The SMILES string of the molecule is CC(C)C(C)NCCOCCn1cc(-c2ccc(N)cc2)nn1. The molecule has 2 rings (SSSR count). The number of benzene rings is 1. The zero-order chi connectivity index (χ0) is 16.7. The van der Waals surface area contributed by atoms with Crippen molar-refractivity contribution in [2.45, 2.75) is 33.4 Å². The second-order valence-electron chi connectivity index (χ2n) is 6.09. The van der Waals surface area contributed by atoms with Gasteiger partial charge in [0.05, 0.1) is 26.0 Å². The number of nitrogens with one attached hydrogen (secondary N) is 1. The fraction of sp³-hybridized carbons (Fsp3) is 0.529. The van der Waals surface area contributed by atoms with Gasteiger partial charge in [0.25, 0.3) is 0 Å². The van der Waals surface area contributed by atoms with E-state index in [0.29, 0.717) is 31.7 Å². The summed E-state index contributed by atoms with van der Waals surface area (Å²) in [4.78, 5) is 0. The van der Waals surface area contributed by atoms with Crippen molar-refractivity contribution >= 4 is 5.69 Å². The summed E-state index contributed by atoms with van der Waals surface area (Å²) in [6.07, 6.45) is 1.92. The number of nitrogens with two attached hydrogens (primary N) is 1. The molecule has 3 N–H and O–H groups in total. The van der Waals surface area contributed by atoms with E-state index in [1.165, 1.54) is 0 Å². The van der Waals surface area contributed by atoms with Crippen LogP contribution in [0.1, 0.15) is 20.8 Å². The lowest BCUT2D eigenvalue weighted by Crippen LogP contribution is -2.33. The summed E-state index contributed by atoms with van der Waals surface area (Å²) >= 11 is 0. The Morgan fingerprint density at radius 2 is 1.91 bits per heavy atom. The van der Waals surface area contributed by atoms with Gasteiger partial charge in [0.1, 0.15) is 5.69 Å². The lowest BCUT2D eigenvalue weighted by atomic mass is 10.1. The fourth-order valence-corrected chi connectivity index (χ4v) is 2.05. The minimum atomic E-state index is 0.511. The van der Waals surface area contributed by atoms with Gasteiger partial charge in [-0.3, -0.25) is 0 Å². The third kappa shape index (κ3) is 5.65. The number of hydrogen-bond acceptors (Lipinski definition) is 5. The Bertz CT molecular complexity index is 579. The van der Waals surface area contributed by atoms with Crippen molar-refractivity contribution in [2.24, 2.45) is 5.92 Å². The van der Waals surface area contributed by atoms with Crippen molar-refractivity contribution in [3.63, 3.8) is 0 Å². The van der Waals surface area contributed by atoms with Crippen LogP contribution in [0.15, 0.2) is 30.5 Å². The Morgan fingerprint density at radius 3 is 2.61 bits per heavy atom. The highest BCUT2D eigenvalue weighted by atomic mass is 16.5. The number of ether oxygens (including phenoxy) is 1. The van der Waals surface area contributed by atoms with E-state index in [9.17, 15) is 0 Å². The Morgan fingerprint density at radius 1 is 1.17 bits per heavy atom. The van der Waals surface area contributed by atoms with E-state index < -0.39 is 0 Å². The Hall–Kier alpha value is -1.92. The van der Waals surface area contributed by atoms with Crippen LogP contribution in [0.2, 0.25) is 0 Å². The first-order valence-electron chi connectivity index (χ1n) is 8.13. The molecule has 0 spiro atoms. The first-order valence-corrected chi connectivity index (χ1v) is 8.13. The van der Waals surface area contributed by atoms with Gasteiger partial charge in [-0.15, -0.1) is 5.10 Å². The van der Waals surface area contributed by atoms with E-state index in [1.54, 1.807) is 4.68 Å². The molecule has 0 saturated carbocycles.